The van der Waals surface area contributed by atoms with Crippen molar-refractivity contribution in [3.05, 3.63) is 60.2 Å². The molecule has 3 aromatic heterocycles. The van der Waals surface area contributed by atoms with Crippen molar-refractivity contribution in [2.45, 2.75) is 57.8 Å². The van der Waals surface area contributed by atoms with Gasteiger partial charge in [-0.3, -0.25) is 9.67 Å². The van der Waals surface area contributed by atoms with Crippen LogP contribution < -0.4 is 20.5 Å². The van der Waals surface area contributed by atoms with Crippen molar-refractivity contribution in [1.29, 1.82) is 0 Å². The lowest BCUT2D eigenvalue weighted by molar-refractivity contribution is 0.231. The van der Waals surface area contributed by atoms with Crippen LogP contribution in [0.4, 0.5) is 11.6 Å². The number of aromatic nitrogens is 5. The van der Waals surface area contributed by atoms with E-state index in [1.165, 1.54) is 31.9 Å². The molecule has 1 saturated carbocycles. The Morgan fingerprint density at radius 1 is 1.21 bits per heavy atom. The number of nitrogens with two attached hydrogens (primary N) is 1. The molecular weight excluding hydrogens is 520 g/mol. The number of halogens is 1. The largest absolute Gasteiger partial charge is 0.487 e. The molecule has 1 fully saturated rings. The fourth-order valence-electron chi connectivity index (χ4n) is 4.45. The lowest BCUT2D eigenvalue weighted by atomic mass is 9.96. The number of aliphatic imine (C=N–C) groups is 1. The average Bonchev–Trinajstić information content (AvgIpc) is 3.63. The Morgan fingerprint density at radius 2 is 2.03 bits per heavy atom. The molecule has 0 saturated heterocycles. The van der Waals surface area contributed by atoms with Gasteiger partial charge in [-0.05, 0) is 37.5 Å². The van der Waals surface area contributed by atoms with Gasteiger partial charge >= 0.3 is 0 Å². The highest BCUT2D eigenvalue weighted by Crippen LogP contribution is 2.34. The number of hydrogen-bond acceptors (Lipinski definition) is 9. The topological polar surface area (TPSA) is 138 Å². The summed E-state index contributed by atoms with van der Waals surface area (Å²) in [6.45, 7) is 2.50. The number of benzene rings is 1. The summed E-state index contributed by atoms with van der Waals surface area (Å²) in [4.78, 5) is 17.2. The molecule has 5 rings (SSSR count). The quantitative estimate of drug-likeness (QED) is 0.181. The van der Waals surface area contributed by atoms with Crippen LogP contribution in [0.15, 0.2) is 58.7 Å². The van der Waals surface area contributed by atoms with E-state index >= 15 is 0 Å². The third kappa shape index (κ3) is 6.85. The summed E-state index contributed by atoms with van der Waals surface area (Å²) in [5.41, 5.74) is 7.69. The zero-order valence-corrected chi connectivity index (χ0v) is 22.4. The molecule has 0 aliphatic heterocycles. The monoisotopic (exact) mass is 550 g/mol. The maximum atomic E-state index is 6.35. The second-order valence-electron chi connectivity index (χ2n) is 9.34. The molecule has 4 aromatic rings. The van der Waals surface area contributed by atoms with Gasteiger partial charge in [0.25, 0.3) is 5.88 Å². The van der Waals surface area contributed by atoms with Crippen molar-refractivity contribution in [2.24, 2.45) is 10.7 Å². The Bertz CT molecular complexity index is 1370. The Kier molecular flexibility index (Phi) is 8.57. The molecule has 12 heteroatoms. The van der Waals surface area contributed by atoms with Gasteiger partial charge in [-0.15, -0.1) is 5.10 Å². The van der Waals surface area contributed by atoms with Gasteiger partial charge in [0.2, 0.25) is 11.8 Å². The molecule has 0 amide bonds. The Hall–Kier alpha value is -4.12. The zero-order chi connectivity index (χ0) is 27.0. The predicted molar refractivity (Wildman–Crippen MR) is 149 cm³/mol. The smallest absolute Gasteiger partial charge is 0.257 e. The van der Waals surface area contributed by atoms with Crippen LogP contribution in [0.25, 0.3) is 11.1 Å². The fraction of sp³-hybridized carbons (Fsp3) is 0.370. The number of rotatable bonds is 11. The van der Waals surface area contributed by atoms with Crippen molar-refractivity contribution >= 4 is 29.6 Å². The minimum absolute atomic E-state index is 0.168. The predicted octanol–water partition coefficient (Wildman–Crippen LogP) is 5.56. The van der Waals surface area contributed by atoms with E-state index in [0.29, 0.717) is 46.8 Å². The first kappa shape index (κ1) is 26.5. The van der Waals surface area contributed by atoms with E-state index in [9.17, 15) is 0 Å². The third-order valence-corrected chi connectivity index (χ3v) is 6.73. The summed E-state index contributed by atoms with van der Waals surface area (Å²) in [5, 5.41) is 8.48. The average molecular weight is 551 g/mol. The highest BCUT2D eigenvalue weighted by molar-refractivity contribution is 6.32. The molecule has 3 N–H and O–H groups in total. The molecule has 0 unspecified atom stereocenters. The molecule has 39 heavy (non-hydrogen) atoms. The highest BCUT2D eigenvalue weighted by atomic mass is 35.5. The van der Waals surface area contributed by atoms with Gasteiger partial charge in [-0.1, -0.05) is 36.9 Å². The normalized spacial score (nSPS) is 14.9. The van der Waals surface area contributed by atoms with Crippen molar-refractivity contribution in [3.8, 4) is 22.8 Å². The van der Waals surface area contributed by atoms with Crippen molar-refractivity contribution in [1.82, 2.24) is 24.7 Å². The van der Waals surface area contributed by atoms with Crippen LogP contribution in [-0.2, 0) is 6.61 Å². The second kappa shape index (κ2) is 12.6. The Balaban J connectivity index is 1.32. The summed E-state index contributed by atoms with van der Waals surface area (Å²) < 4.78 is 19.2. The van der Waals surface area contributed by atoms with Crippen LogP contribution in [0.3, 0.4) is 0 Å². The van der Waals surface area contributed by atoms with Gasteiger partial charge in [0.15, 0.2) is 6.61 Å². The summed E-state index contributed by atoms with van der Waals surface area (Å²) in [6, 6.07) is 5.88. The summed E-state index contributed by atoms with van der Waals surface area (Å²) in [5.74, 6) is 1.89. The summed E-state index contributed by atoms with van der Waals surface area (Å²) >= 11 is 6.35. The summed E-state index contributed by atoms with van der Waals surface area (Å²) in [6.07, 6.45) is 15.5. The van der Waals surface area contributed by atoms with Crippen molar-refractivity contribution in [3.63, 3.8) is 0 Å². The molecule has 204 valence electrons. The molecule has 11 nitrogen and oxygen atoms in total. The second-order valence-corrected chi connectivity index (χ2v) is 9.75. The van der Waals surface area contributed by atoms with Gasteiger partial charge in [0, 0.05) is 18.0 Å². The number of hydrogen-bond donors (Lipinski definition) is 2. The van der Waals surface area contributed by atoms with Gasteiger partial charge in [-0.2, -0.15) is 0 Å². The standard InChI is InChI=1S/C27H31ClN8O3/c1-18(12-30-17-29)39-24-11-19(7-8-22(24)28)20-13-32-27(33-14-20)34-23-15-36(21-5-3-2-4-6-21)35-26(23)38-16-25-31-9-10-37-25/h7-11,13-15,17-18,21H,2-6,12,16H2,1H3,(H2,29,30)(H,32,33,34)/t18-/m0/s1. The minimum atomic E-state index is -0.185. The first-order chi connectivity index (χ1) is 19.1. The van der Waals surface area contributed by atoms with E-state index in [-0.39, 0.29) is 12.7 Å². The van der Waals surface area contributed by atoms with Crippen molar-refractivity contribution in [2.75, 3.05) is 11.9 Å². The van der Waals surface area contributed by atoms with Gasteiger partial charge in [0.1, 0.15) is 23.8 Å². The molecule has 1 aromatic carbocycles. The first-order valence-corrected chi connectivity index (χ1v) is 13.3. The number of ether oxygens (including phenoxy) is 2. The van der Waals surface area contributed by atoms with Crippen LogP contribution in [0, 0.1) is 0 Å². The summed E-state index contributed by atoms with van der Waals surface area (Å²) in [7, 11) is 0. The maximum Gasteiger partial charge on any atom is 0.257 e. The van der Waals surface area contributed by atoms with E-state index in [0.717, 1.165) is 24.0 Å². The molecule has 1 aliphatic rings. The van der Waals surface area contributed by atoms with Crippen molar-refractivity contribution < 1.29 is 13.9 Å². The van der Waals surface area contributed by atoms with Gasteiger partial charge in [-0.25, -0.2) is 15.0 Å². The van der Waals surface area contributed by atoms with E-state index in [1.807, 2.05) is 29.9 Å². The van der Waals surface area contributed by atoms with E-state index in [4.69, 9.17) is 36.3 Å². The Labute approximate surface area is 231 Å². The molecular formula is C27H31ClN8O3. The maximum absolute atomic E-state index is 6.35. The van der Waals surface area contributed by atoms with E-state index in [1.54, 1.807) is 24.7 Å². The number of nitrogens with one attached hydrogen (secondary N) is 1. The van der Waals surface area contributed by atoms with E-state index < -0.39 is 0 Å². The zero-order valence-electron chi connectivity index (χ0n) is 21.7. The molecule has 3 heterocycles. The van der Waals surface area contributed by atoms with Gasteiger partial charge in [0.05, 0.1) is 36.3 Å². The number of nitrogens with zero attached hydrogens (tertiary/aromatic N) is 6. The molecule has 0 bridgehead atoms. The van der Waals surface area contributed by atoms with Crippen LogP contribution in [0.1, 0.15) is 51.0 Å². The fourth-order valence-corrected chi connectivity index (χ4v) is 4.62. The lowest BCUT2D eigenvalue weighted by Crippen LogP contribution is -2.16. The lowest BCUT2D eigenvalue weighted by Gasteiger charge is -2.21. The molecule has 1 atom stereocenters. The van der Waals surface area contributed by atoms with Crippen LogP contribution in [-0.4, -0.2) is 43.7 Å². The Morgan fingerprint density at radius 3 is 2.77 bits per heavy atom. The van der Waals surface area contributed by atoms with E-state index in [2.05, 4.69) is 25.3 Å². The third-order valence-electron chi connectivity index (χ3n) is 6.42. The van der Waals surface area contributed by atoms with Gasteiger partial charge < -0.3 is 24.9 Å². The SMILES string of the molecule is C[C@@H](CN=CN)Oc1cc(-c2cnc(Nc3cn(C4CCCCC4)nc3OCc3ncco3)nc2)ccc1Cl. The molecule has 0 spiro atoms. The van der Waals surface area contributed by atoms with Crippen LogP contribution >= 0.6 is 11.6 Å². The van der Waals surface area contributed by atoms with Crippen LogP contribution in [0.5, 0.6) is 11.6 Å². The molecule has 0 radical (unpaired) electrons. The number of oxazole rings is 1. The molecule has 1 aliphatic carbocycles. The van der Waals surface area contributed by atoms with Crippen LogP contribution in [0.2, 0.25) is 5.02 Å². The minimum Gasteiger partial charge on any atom is -0.487 e. The highest BCUT2D eigenvalue weighted by Gasteiger charge is 2.21. The number of anilines is 2. The first-order valence-electron chi connectivity index (χ1n) is 12.9.